The lowest BCUT2D eigenvalue weighted by atomic mass is 10.2. The van der Waals surface area contributed by atoms with Gasteiger partial charge in [-0.2, -0.15) is 4.98 Å². The first kappa shape index (κ1) is 16.6. The third-order valence-corrected chi connectivity index (χ3v) is 2.80. The zero-order valence-corrected chi connectivity index (χ0v) is 12.6. The lowest BCUT2D eigenvalue weighted by molar-refractivity contribution is 0.355. The van der Waals surface area contributed by atoms with Crippen LogP contribution in [0.1, 0.15) is 5.89 Å². The second-order valence-electron chi connectivity index (χ2n) is 3.74. The summed E-state index contributed by atoms with van der Waals surface area (Å²) in [4.78, 5) is 4.23. The normalized spacial score (nSPS) is 10.0. The second kappa shape index (κ2) is 7.33. The molecule has 0 spiro atoms. The fraction of sp³-hybridized carbons (Fsp3) is 0.333. The molecule has 2 aromatic rings. The summed E-state index contributed by atoms with van der Waals surface area (Å²) >= 11 is 6.12. The average Bonchev–Trinajstić information content (AvgIpc) is 2.86. The number of nitrogens with zero attached hydrogens (tertiary/aromatic N) is 2. The molecule has 0 aliphatic heterocycles. The highest BCUT2D eigenvalue weighted by Gasteiger charge is 2.15. The smallest absolute Gasteiger partial charge is 0.228 e. The molecule has 2 rings (SSSR count). The van der Waals surface area contributed by atoms with Crippen molar-refractivity contribution in [3.63, 3.8) is 0 Å². The van der Waals surface area contributed by atoms with Gasteiger partial charge in [-0.15, -0.1) is 12.4 Å². The number of aromatic nitrogens is 2. The van der Waals surface area contributed by atoms with Gasteiger partial charge in [0.15, 0.2) is 11.5 Å². The number of nitrogens with two attached hydrogens (primary N) is 1. The van der Waals surface area contributed by atoms with Crippen LogP contribution in [0.2, 0.25) is 5.02 Å². The van der Waals surface area contributed by atoms with Gasteiger partial charge >= 0.3 is 0 Å². The lowest BCUT2D eigenvalue weighted by Crippen LogP contribution is -2.02. The highest BCUT2D eigenvalue weighted by Crippen LogP contribution is 2.38. The Morgan fingerprint density at radius 2 is 2.05 bits per heavy atom. The molecule has 110 valence electrons. The molecule has 0 radical (unpaired) electrons. The minimum atomic E-state index is 0. The SMILES string of the molecule is COc1cc(-c2noc(CCN)n2)cc(Cl)c1OC.Cl. The molecule has 0 unspecified atom stereocenters. The molecule has 6 nitrogen and oxygen atoms in total. The first-order chi connectivity index (χ1) is 9.19. The van der Waals surface area contributed by atoms with Crippen LogP contribution in [0.5, 0.6) is 11.5 Å². The Morgan fingerprint density at radius 1 is 1.30 bits per heavy atom. The zero-order chi connectivity index (χ0) is 13.8. The van der Waals surface area contributed by atoms with Crippen molar-refractivity contribution in [1.82, 2.24) is 10.1 Å². The van der Waals surface area contributed by atoms with E-state index in [1.807, 2.05) is 0 Å². The van der Waals surface area contributed by atoms with E-state index in [9.17, 15) is 0 Å². The predicted molar refractivity (Wildman–Crippen MR) is 77.9 cm³/mol. The van der Waals surface area contributed by atoms with Crippen LogP contribution in [0.4, 0.5) is 0 Å². The van der Waals surface area contributed by atoms with Crippen molar-refractivity contribution in [2.45, 2.75) is 6.42 Å². The molecule has 0 bridgehead atoms. The molecule has 0 amide bonds. The van der Waals surface area contributed by atoms with Gasteiger partial charge in [-0.1, -0.05) is 16.8 Å². The maximum absolute atomic E-state index is 6.12. The van der Waals surface area contributed by atoms with Crippen molar-refractivity contribution in [2.24, 2.45) is 5.73 Å². The molecule has 0 saturated carbocycles. The molecule has 0 saturated heterocycles. The van der Waals surface area contributed by atoms with Gasteiger partial charge in [0, 0.05) is 18.5 Å². The number of benzene rings is 1. The number of hydrogen-bond donors (Lipinski definition) is 1. The van der Waals surface area contributed by atoms with Gasteiger partial charge in [-0.05, 0) is 12.1 Å². The van der Waals surface area contributed by atoms with E-state index >= 15 is 0 Å². The summed E-state index contributed by atoms with van der Waals surface area (Å²) in [6, 6.07) is 3.43. The number of hydrogen-bond acceptors (Lipinski definition) is 6. The third-order valence-electron chi connectivity index (χ3n) is 2.52. The highest BCUT2D eigenvalue weighted by molar-refractivity contribution is 6.32. The van der Waals surface area contributed by atoms with Crippen LogP contribution in [0.3, 0.4) is 0 Å². The number of halogens is 2. The van der Waals surface area contributed by atoms with Gasteiger partial charge in [0.25, 0.3) is 0 Å². The van der Waals surface area contributed by atoms with Crippen molar-refractivity contribution < 1.29 is 14.0 Å². The van der Waals surface area contributed by atoms with Crippen LogP contribution in [0, 0.1) is 0 Å². The van der Waals surface area contributed by atoms with Crippen molar-refractivity contribution in [1.29, 1.82) is 0 Å². The van der Waals surface area contributed by atoms with E-state index in [2.05, 4.69) is 10.1 Å². The summed E-state index contributed by atoms with van der Waals surface area (Å²) in [7, 11) is 3.06. The fourth-order valence-electron chi connectivity index (χ4n) is 1.64. The van der Waals surface area contributed by atoms with Crippen LogP contribution in [-0.4, -0.2) is 30.9 Å². The molecule has 20 heavy (non-hydrogen) atoms. The van der Waals surface area contributed by atoms with Crippen LogP contribution < -0.4 is 15.2 Å². The minimum Gasteiger partial charge on any atom is -0.493 e. The standard InChI is InChI=1S/C12H14ClN3O3.ClH/c1-17-9-6-7(5-8(13)11(9)18-2)12-15-10(3-4-14)19-16-12;/h5-6H,3-4,14H2,1-2H3;1H. The number of ether oxygens (including phenoxy) is 2. The summed E-state index contributed by atoms with van der Waals surface area (Å²) < 4.78 is 15.5. The van der Waals surface area contributed by atoms with Gasteiger partial charge in [-0.25, -0.2) is 0 Å². The van der Waals surface area contributed by atoms with E-state index in [-0.39, 0.29) is 12.4 Å². The Hall–Kier alpha value is -1.50. The molecule has 1 aromatic carbocycles. The van der Waals surface area contributed by atoms with Crippen LogP contribution in [0.15, 0.2) is 16.7 Å². The molecule has 0 aliphatic rings. The largest absolute Gasteiger partial charge is 0.493 e. The van der Waals surface area contributed by atoms with E-state index < -0.39 is 0 Å². The first-order valence-corrected chi connectivity index (χ1v) is 6.02. The quantitative estimate of drug-likeness (QED) is 0.910. The van der Waals surface area contributed by atoms with E-state index in [1.54, 1.807) is 12.1 Å². The topological polar surface area (TPSA) is 83.4 Å². The van der Waals surface area contributed by atoms with E-state index in [0.29, 0.717) is 46.8 Å². The van der Waals surface area contributed by atoms with Crippen LogP contribution in [0.25, 0.3) is 11.4 Å². The van der Waals surface area contributed by atoms with E-state index in [0.717, 1.165) is 0 Å². The Labute approximate surface area is 127 Å². The molecule has 0 atom stereocenters. The monoisotopic (exact) mass is 319 g/mol. The van der Waals surface area contributed by atoms with Crippen molar-refractivity contribution in [2.75, 3.05) is 20.8 Å². The second-order valence-corrected chi connectivity index (χ2v) is 4.15. The maximum Gasteiger partial charge on any atom is 0.228 e. The van der Waals surface area contributed by atoms with E-state index in [1.165, 1.54) is 14.2 Å². The fourth-order valence-corrected chi connectivity index (χ4v) is 1.93. The first-order valence-electron chi connectivity index (χ1n) is 5.64. The van der Waals surface area contributed by atoms with Crippen molar-refractivity contribution >= 4 is 24.0 Å². The molecule has 2 N–H and O–H groups in total. The van der Waals surface area contributed by atoms with Crippen LogP contribution in [-0.2, 0) is 6.42 Å². The Balaban J connectivity index is 0.00000200. The minimum absolute atomic E-state index is 0. The average molecular weight is 320 g/mol. The summed E-state index contributed by atoms with van der Waals surface area (Å²) in [5.41, 5.74) is 6.12. The van der Waals surface area contributed by atoms with Gasteiger partial charge < -0.3 is 19.7 Å². The van der Waals surface area contributed by atoms with Crippen molar-refractivity contribution in [3.05, 3.63) is 23.0 Å². The van der Waals surface area contributed by atoms with Crippen LogP contribution >= 0.6 is 24.0 Å². The molecular weight excluding hydrogens is 305 g/mol. The molecule has 1 aromatic heterocycles. The Morgan fingerprint density at radius 3 is 2.65 bits per heavy atom. The summed E-state index contributed by atoms with van der Waals surface area (Å²) in [6.45, 7) is 0.453. The summed E-state index contributed by atoms with van der Waals surface area (Å²) in [5, 5.41) is 4.30. The van der Waals surface area contributed by atoms with E-state index in [4.69, 9.17) is 31.3 Å². The third kappa shape index (κ3) is 3.33. The van der Waals surface area contributed by atoms with Gasteiger partial charge in [-0.3, -0.25) is 0 Å². The highest BCUT2D eigenvalue weighted by atomic mass is 35.5. The molecule has 1 heterocycles. The number of methoxy groups -OCH3 is 2. The molecule has 8 heteroatoms. The van der Waals surface area contributed by atoms with Gasteiger partial charge in [0.05, 0.1) is 19.2 Å². The summed E-state index contributed by atoms with van der Waals surface area (Å²) in [6.07, 6.45) is 0.536. The Bertz CT molecular complexity index is 575. The zero-order valence-electron chi connectivity index (χ0n) is 11.1. The van der Waals surface area contributed by atoms with Gasteiger partial charge in [0.1, 0.15) is 0 Å². The number of rotatable bonds is 5. The molecule has 0 aliphatic carbocycles. The summed E-state index contributed by atoms with van der Waals surface area (Å²) in [5.74, 6) is 1.91. The van der Waals surface area contributed by atoms with Gasteiger partial charge in [0.2, 0.25) is 11.7 Å². The maximum atomic E-state index is 6.12. The molecular formula is C12H15Cl2N3O3. The predicted octanol–water partition coefficient (Wildman–Crippen LogP) is 2.33. The molecule has 0 fully saturated rings. The van der Waals surface area contributed by atoms with Crippen molar-refractivity contribution in [3.8, 4) is 22.9 Å². The Kier molecular flexibility index (Phi) is 6.06. The lowest BCUT2D eigenvalue weighted by Gasteiger charge is -2.10.